The third-order valence-corrected chi connectivity index (χ3v) is 5.74. The molecule has 7 heteroatoms. The Kier molecular flexibility index (Phi) is 4.86. The van der Waals surface area contributed by atoms with Gasteiger partial charge < -0.3 is 9.88 Å². The summed E-state index contributed by atoms with van der Waals surface area (Å²) in [7, 11) is 0. The maximum absolute atomic E-state index is 12.8. The van der Waals surface area contributed by atoms with Crippen LogP contribution in [0.25, 0.3) is 11.3 Å². The van der Waals surface area contributed by atoms with Crippen LogP contribution in [0.15, 0.2) is 54.7 Å². The number of anilines is 2. The Balaban J connectivity index is 1.36. The van der Waals surface area contributed by atoms with Gasteiger partial charge in [0.25, 0.3) is 5.91 Å². The molecule has 0 bridgehead atoms. The van der Waals surface area contributed by atoms with Gasteiger partial charge in [-0.15, -0.1) is 0 Å². The van der Waals surface area contributed by atoms with Gasteiger partial charge in [-0.1, -0.05) is 18.2 Å². The SMILES string of the molecule is O=C(Nc1cccc(-c2cn3c(n2)CCCC3)c1)c1cccc(N2C(=O)CCC2=O)c1. The van der Waals surface area contributed by atoms with E-state index >= 15 is 0 Å². The van der Waals surface area contributed by atoms with E-state index in [2.05, 4.69) is 16.1 Å². The highest BCUT2D eigenvalue weighted by molar-refractivity contribution is 6.20. The number of benzene rings is 2. The van der Waals surface area contributed by atoms with Crippen molar-refractivity contribution in [1.82, 2.24) is 9.55 Å². The Morgan fingerprint density at radius 3 is 2.55 bits per heavy atom. The monoisotopic (exact) mass is 414 g/mol. The summed E-state index contributed by atoms with van der Waals surface area (Å²) >= 11 is 0. The van der Waals surface area contributed by atoms with E-state index < -0.39 is 0 Å². The van der Waals surface area contributed by atoms with Crippen molar-refractivity contribution in [2.75, 3.05) is 10.2 Å². The maximum Gasteiger partial charge on any atom is 0.255 e. The van der Waals surface area contributed by atoms with Crippen LogP contribution >= 0.6 is 0 Å². The lowest BCUT2D eigenvalue weighted by Crippen LogP contribution is -2.28. The fraction of sp³-hybridized carbons (Fsp3) is 0.250. The summed E-state index contributed by atoms with van der Waals surface area (Å²) in [5.74, 6) is 0.330. The second kappa shape index (κ2) is 7.83. The quantitative estimate of drug-likeness (QED) is 0.659. The molecular weight excluding hydrogens is 392 g/mol. The van der Waals surface area contributed by atoms with Crippen LogP contribution in [0, 0.1) is 0 Å². The normalized spacial score (nSPS) is 15.8. The van der Waals surface area contributed by atoms with E-state index in [-0.39, 0.29) is 30.6 Å². The molecule has 0 radical (unpaired) electrons. The van der Waals surface area contributed by atoms with Gasteiger partial charge in [-0.2, -0.15) is 0 Å². The van der Waals surface area contributed by atoms with Gasteiger partial charge >= 0.3 is 0 Å². The number of amides is 3. The first-order valence-corrected chi connectivity index (χ1v) is 10.5. The number of carbonyl (C=O) groups is 3. The Labute approximate surface area is 179 Å². The van der Waals surface area contributed by atoms with Crippen LogP contribution < -0.4 is 10.2 Å². The minimum atomic E-state index is -0.303. The minimum absolute atomic E-state index is 0.208. The van der Waals surface area contributed by atoms with E-state index in [0.29, 0.717) is 16.9 Å². The summed E-state index contributed by atoms with van der Waals surface area (Å²) in [6.45, 7) is 0.997. The average molecular weight is 414 g/mol. The molecular formula is C24H22N4O3. The molecule has 2 aliphatic heterocycles. The Hall–Kier alpha value is -3.74. The van der Waals surface area contributed by atoms with Gasteiger partial charge in [0.15, 0.2) is 0 Å². The lowest BCUT2D eigenvalue weighted by molar-refractivity contribution is -0.121. The van der Waals surface area contributed by atoms with E-state index in [1.165, 1.54) is 12.8 Å². The van der Waals surface area contributed by atoms with Gasteiger partial charge in [0.2, 0.25) is 11.8 Å². The molecule has 0 unspecified atom stereocenters. The van der Waals surface area contributed by atoms with Gasteiger partial charge in [-0.25, -0.2) is 4.98 Å². The van der Waals surface area contributed by atoms with Crippen LogP contribution in [-0.4, -0.2) is 27.3 Å². The Morgan fingerprint density at radius 1 is 0.935 bits per heavy atom. The average Bonchev–Trinajstić information content (AvgIpc) is 3.37. The molecule has 2 aliphatic rings. The summed E-state index contributed by atoms with van der Waals surface area (Å²) in [5.41, 5.74) is 3.32. The summed E-state index contributed by atoms with van der Waals surface area (Å²) in [6, 6.07) is 14.2. The lowest BCUT2D eigenvalue weighted by Gasteiger charge is -2.15. The van der Waals surface area contributed by atoms with E-state index in [1.807, 2.05) is 24.3 Å². The molecule has 0 saturated carbocycles. The van der Waals surface area contributed by atoms with E-state index in [9.17, 15) is 14.4 Å². The number of imide groups is 1. The molecule has 0 atom stereocenters. The molecule has 31 heavy (non-hydrogen) atoms. The van der Waals surface area contributed by atoms with E-state index in [1.54, 1.807) is 24.3 Å². The number of aromatic nitrogens is 2. The number of aryl methyl sites for hydroxylation is 2. The zero-order chi connectivity index (χ0) is 21.4. The van der Waals surface area contributed by atoms with Gasteiger partial charge in [-0.05, 0) is 43.2 Å². The minimum Gasteiger partial charge on any atom is -0.334 e. The van der Waals surface area contributed by atoms with Crippen molar-refractivity contribution in [2.45, 2.75) is 38.6 Å². The molecule has 156 valence electrons. The molecule has 5 rings (SSSR count). The smallest absolute Gasteiger partial charge is 0.255 e. The van der Waals surface area contributed by atoms with Crippen molar-refractivity contribution < 1.29 is 14.4 Å². The Bertz CT molecular complexity index is 1160. The van der Waals surface area contributed by atoms with Crippen LogP contribution in [0.2, 0.25) is 0 Å². The molecule has 3 amide bonds. The molecule has 7 nitrogen and oxygen atoms in total. The zero-order valence-electron chi connectivity index (χ0n) is 17.0. The predicted octanol–water partition coefficient (Wildman–Crippen LogP) is 3.79. The fourth-order valence-electron chi connectivity index (χ4n) is 4.16. The number of nitrogens with one attached hydrogen (secondary N) is 1. The molecule has 1 fully saturated rings. The van der Waals surface area contributed by atoms with Crippen LogP contribution in [0.5, 0.6) is 0 Å². The number of hydrogen-bond donors (Lipinski definition) is 1. The van der Waals surface area contributed by atoms with Crippen molar-refractivity contribution in [3.05, 3.63) is 66.1 Å². The summed E-state index contributed by atoms with van der Waals surface area (Å²) in [6.07, 6.45) is 5.82. The molecule has 0 aliphatic carbocycles. The molecule has 3 heterocycles. The van der Waals surface area contributed by atoms with Crippen molar-refractivity contribution in [3.63, 3.8) is 0 Å². The third kappa shape index (κ3) is 3.74. The van der Waals surface area contributed by atoms with Gasteiger partial charge in [0.05, 0.1) is 11.4 Å². The molecule has 1 aromatic heterocycles. The largest absolute Gasteiger partial charge is 0.334 e. The second-order valence-corrected chi connectivity index (χ2v) is 7.90. The maximum atomic E-state index is 12.8. The van der Waals surface area contributed by atoms with Crippen LogP contribution in [0.3, 0.4) is 0 Å². The van der Waals surface area contributed by atoms with Crippen molar-refractivity contribution in [1.29, 1.82) is 0 Å². The number of rotatable bonds is 4. The fourth-order valence-corrected chi connectivity index (χ4v) is 4.16. The lowest BCUT2D eigenvalue weighted by atomic mass is 10.1. The van der Waals surface area contributed by atoms with Gasteiger partial charge in [-0.3, -0.25) is 19.3 Å². The topological polar surface area (TPSA) is 84.3 Å². The third-order valence-electron chi connectivity index (χ3n) is 5.74. The summed E-state index contributed by atoms with van der Waals surface area (Å²) in [5, 5.41) is 2.91. The number of imidazole rings is 1. The summed E-state index contributed by atoms with van der Waals surface area (Å²) in [4.78, 5) is 42.7. The van der Waals surface area contributed by atoms with Crippen LogP contribution in [-0.2, 0) is 22.6 Å². The second-order valence-electron chi connectivity index (χ2n) is 7.90. The van der Waals surface area contributed by atoms with Crippen molar-refractivity contribution in [2.24, 2.45) is 0 Å². The highest BCUT2D eigenvalue weighted by Crippen LogP contribution is 2.26. The highest BCUT2D eigenvalue weighted by atomic mass is 16.2. The molecule has 1 saturated heterocycles. The van der Waals surface area contributed by atoms with Crippen LogP contribution in [0.4, 0.5) is 11.4 Å². The number of hydrogen-bond acceptors (Lipinski definition) is 4. The number of fused-ring (bicyclic) bond motifs is 1. The standard InChI is InChI=1S/C24H22N4O3/c29-22-10-11-23(30)28(22)19-8-4-6-17(14-19)24(31)25-18-7-3-5-16(13-18)20-15-27-12-2-1-9-21(27)26-20/h3-8,13-15H,1-2,9-12H2,(H,25,31). The van der Waals surface area contributed by atoms with Crippen molar-refractivity contribution >= 4 is 29.1 Å². The van der Waals surface area contributed by atoms with Crippen LogP contribution in [0.1, 0.15) is 41.9 Å². The van der Waals surface area contributed by atoms with Gasteiger partial charge in [0.1, 0.15) is 5.82 Å². The number of nitrogens with zero attached hydrogens (tertiary/aromatic N) is 3. The highest BCUT2D eigenvalue weighted by Gasteiger charge is 2.30. The summed E-state index contributed by atoms with van der Waals surface area (Å²) < 4.78 is 2.20. The van der Waals surface area contributed by atoms with Gasteiger partial charge in [0, 0.05) is 48.8 Å². The molecule has 0 spiro atoms. The first-order chi connectivity index (χ1) is 15.1. The van der Waals surface area contributed by atoms with Crippen molar-refractivity contribution in [3.8, 4) is 11.3 Å². The zero-order valence-corrected chi connectivity index (χ0v) is 17.0. The number of carbonyl (C=O) groups excluding carboxylic acids is 3. The molecule has 2 aromatic carbocycles. The van der Waals surface area contributed by atoms with E-state index in [4.69, 9.17) is 4.98 Å². The van der Waals surface area contributed by atoms with E-state index in [0.717, 1.165) is 34.9 Å². The first-order valence-electron chi connectivity index (χ1n) is 10.5. The molecule has 3 aromatic rings. The first kappa shape index (κ1) is 19.2. The predicted molar refractivity (Wildman–Crippen MR) is 117 cm³/mol. The molecule has 1 N–H and O–H groups in total. The Morgan fingerprint density at radius 2 is 1.74 bits per heavy atom.